The van der Waals surface area contributed by atoms with Crippen LogP contribution < -0.4 is 0 Å². The first-order valence-electron chi connectivity index (χ1n) is 7.53. The van der Waals surface area contributed by atoms with Crippen molar-refractivity contribution in [2.75, 3.05) is 0 Å². The number of fused-ring (bicyclic) bond motifs is 1. The minimum absolute atomic E-state index is 0.480. The highest BCUT2D eigenvalue weighted by atomic mass is 14.7. The van der Waals surface area contributed by atoms with Crippen LogP contribution in [0.1, 0.15) is 36.5 Å². The van der Waals surface area contributed by atoms with Gasteiger partial charge < -0.3 is 0 Å². The third-order valence-corrected chi connectivity index (χ3v) is 4.21. The van der Waals surface area contributed by atoms with Crippen LogP contribution in [-0.2, 0) is 0 Å². The summed E-state index contributed by atoms with van der Waals surface area (Å²) in [5, 5.41) is 2.57. The molecule has 0 amide bonds. The average Bonchev–Trinajstić information content (AvgIpc) is 2.49. The van der Waals surface area contributed by atoms with E-state index in [1.807, 2.05) is 6.20 Å². The molecule has 0 bridgehead atoms. The van der Waals surface area contributed by atoms with Gasteiger partial charge in [-0.15, -0.1) is 0 Å². The van der Waals surface area contributed by atoms with Gasteiger partial charge in [0.2, 0.25) is 0 Å². The molecule has 0 spiro atoms. The molecule has 0 saturated carbocycles. The van der Waals surface area contributed by atoms with Crippen molar-refractivity contribution in [3.8, 4) is 11.3 Å². The van der Waals surface area contributed by atoms with Crippen molar-refractivity contribution in [3.63, 3.8) is 0 Å². The summed E-state index contributed by atoms with van der Waals surface area (Å²) in [6.07, 6.45) is 1.98. The van der Waals surface area contributed by atoms with E-state index in [9.17, 15) is 0 Å². The van der Waals surface area contributed by atoms with Crippen LogP contribution in [0.25, 0.3) is 22.0 Å². The van der Waals surface area contributed by atoms with Gasteiger partial charge in [-0.3, -0.25) is 4.98 Å². The summed E-state index contributed by atoms with van der Waals surface area (Å²) in [6.45, 7) is 8.75. The molecule has 2 aromatic carbocycles. The maximum atomic E-state index is 4.70. The molecule has 0 fully saturated rings. The molecule has 0 N–H and O–H groups in total. The Hall–Kier alpha value is -2.15. The number of aryl methyl sites for hydroxylation is 2. The molecule has 0 aliphatic heterocycles. The molecular weight excluding hydrogens is 254 g/mol. The minimum Gasteiger partial charge on any atom is -0.256 e. The predicted octanol–water partition coefficient (Wildman–Crippen LogP) is 5.64. The Bertz CT molecular complexity index is 800. The zero-order valence-corrected chi connectivity index (χ0v) is 13.1. The summed E-state index contributed by atoms with van der Waals surface area (Å²) < 4.78 is 0. The van der Waals surface area contributed by atoms with E-state index in [1.165, 1.54) is 33.0 Å². The van der Waals surface area contributed by atoms with Gasteiger partial charge in [0.05, 0.1) is 5.69 Å². The molecule has 3 rings (SSSR count). The van der Waals surface area contributed by atoms with Crippen molar-refractivity contribution in [1.82, 2.24) is 4.98 Å². The Balaban J connectivity index is 2.37. The Morgan fingerprint density at radius 2 is 1.67 bits per heavy atom. The molecule has 1 nitrogen and oxygen atoms in total. The molecule has 21 heavy (non-hydrogen) atoms. The van der Waals surface area contributed by atoms with Crippen LogP contribution in [0.5, 0.6) is 0 Å². The van der Waals surface area contributed by atoms with Crippen molar-refractivity contribution < 1.29 is 0 Å². The Labute approximate surface area is 126 Å². The van der Waals surface area contributed by atoms with Crippen LogP contribution in [0.4, 0.5) is 0 Å². The Morgan fingerprint density at radius 3 is 2.38 bits per heavy atom. The molecule has 0 unspecified atom stereocenters. The van der Waals surface area contributed by atoms with Crippen molar-refractivity contribution in [3.05, 3.63) is 65.4 Å². The van der Waals surface area contributed by atoms with E-state index in [0.717, 1.165) is 5.69 Å². The lowest BCUT2D eigenvalue weighted by Crippen LogP contribution is -1.97. The molecule has 1 aromatic heterocycles. The number of hydrogen-bond acceptors (Lipinski definition) is 1. The number of benzene rings is 2. The fourth-order valence-corrected chi connectivity index (χ4v) is 2.82. The van der Waals surface area contributed by atoms with Crippen LogP contribution in [0.15, 0.2) is 48.7 Å². The van der Waals surface area contributed by atoms with Gasteiger partial charge in [-0.05, 0) is 53.3 Å². The zero-order valence-electron chi connectivity index (χ0n) is 13.1. The summed E-state index contributed by atoms with van der Waals surface area (Å²) in [7, 11) is 0. The van der Waals surface area contributed by atoms with E-state index in [-0.39, 0.29) is 0 Å². The molecule has 1 heterocycles. The third-order valence-electron chi connectivity index (χ3n) is 4.21. The van der Waals surface area contributed by atoms with E-state index in [1.54, 1.807) is 0 Å². The fraction of sp³-hybridized carbons (Fsp3) is 0.250. The highest BCUT2D eigenvalue weighted by molar-refractivity contribution is 5.97. The average molecular weight is 275 g/mol. The molecule has 0 atom stereocenters. The second kappa shape index (κ2) is 5.33. The fourth-order valence-electron chi connectivity index (χ4n) is 2.82. The predicted molar refractivity (Wildman–Crippen MR) is 90.7 cm³/mol. The van der Waals surface area contributed by atoms with Gasteiger partial charge in [-0.25, -0.2) is 0 Å². The topological polar surface area (TPSA) is 12.9 Å². The second-order valence-electron chi connectivity index (χ2n) is 6.06. The molecule has 3 aromatic rings. The van der Waals surface area contributed by atoms with Gasteiger partial charge in [0, 0.05) is 11.8 Å². The van der Waals surface area contributed by atoms with E-state index in [0.29, 0.717) is 5.92 Å². The van der Waals surface area contributed by atoms with Crippen molar-refractivity contribution in [1.29, 1.82) is 0 Å². The van der Waals surface area contributed by atoms with Crippen molar-refractivity contribution >= 4 is 10.8 Å². The van der Waals surface area contributed by atoms with E-state index >= 15 is 0 Å². The van der Waals surface area contributed by atoms with Crippen LogP contribution in [0, 0.1) is 13.8 Å². The highest BCUT2D eigenvalue weighted by Gasteiger charge is 2.14. The summed E-state index contributed by atoms with van der Waals surface area (Å²) >= 11 is 0. The maximum absolute atomic E-state index is 4.70. The Morgan fingerprint density at radius 1 is 0.905 bits per heavy atom. The largest absolute Gasteiger partial charge is 0.256 e. The maximum Gasteiger partial charge on any atom is 0.0713 e. The number of hydrogen-bond donors (Lipinski definition) is 0. The lowest BCUT2D eigenvalue weighted by atomic mass is 9.90. The van der Waals surface area contributed by atoms with Gasteiger partial charge in [0.25, 0.3) is 0 Å². The first-order valence-corrected chi connectivity index (χ1v) is 7.53. The highest BCUT2D eigenvalue weighted by Crippen LogP contribution is 2.35. The summed E-state index contributed by atoms with van der Waals surface area (Å²) in [4.78, 5) is 4.70. The molecule has 0 aliphatic carbocycles. The van der Waals surface area contributed by atoms with E-state index < -0.39 is 0 Å². The second-order valence-corrected chi connectivity index (χ2v) is 6.06. The first kappa shape index (κ1) is 13.8. The van der Waals surface area contributed by atoms with Crippen LogP contribution in [-0.4, -0.2) is 4.98 Å². The first-order chi connectivity index (χ1) is 10.1. The molecule has 0 radical (unpaired) electrons. The number of aromatic nitrogens is 1. The quantitative estimate of drug-likeness (QED) is 0.589. The molecule has 0 aliphatic rings. The molecule has 106 valence electrons. The van der Waals surface area contributed by atoms with Crippen LogP contribution in [0.2, 0.25) is 0 Å². The van der Waals surface area contributed by atoms with E-state index in [4.69, 9.17) is 4.98 Å². The molecular formula is C20H21N. The number of rotatable bonds is 2. The van der Waals surface area contributed by atoms with Crippen molar-refractivity contribution in [2.24, 2.45) is 0 Å². The van der Waals surface area contributed by atoms with Crippen LogP contribution >= 0.6 is 0 Å². The third kappa shape index (κ3) is 2.44. The zero-order chi connectivity index (χ0) is 15.0. The summed E-state index contributed by atoms with van der Waals surface area (Å²) in [5.41, 5.74) is 6.27. The summed E-state index contributed by atoms with van der Waals surface area (Å²) in [6, 6.07) is 15.3. The number of pyridine rings is 1. The van der Waals surface area contributed by atoms with Crippen molar-refractivity contribution in [2.45, 2.75) is 33.6 Å². The van der Waals surface area contributed by atoms with Gasteiger partial charge in [-0.2, -0.15) is 0 Å². The van der Waals surface area contributed by atoms with Crippen LogP contribution in [0.3, 0.4) is 0 Å². The lowest BCUT2D eigenvalue weighted by molar-refractivity contribution is 0.869. The lowest BCUT2D eigenvalue weighted by Gasteiger charge is -2.16. The van der Waals surface area contributed by atoms with Gasteiger partial charge >= 0.3 is 0 Å². The SMILES string of the molecule is Cc1cnc(-c2c(C(C)C)ccc3ccccc23)cc1C. The number of nitrogens with zero attached hydrogens (tertiary/aromatic N) is 1. The van der Waals surface area contributed by atoms with E-state index in [2.05, 4.69) is 70.2 Å². The standard InChI is InChI=1S/C20H21N/c1-13(2)17-10-9-16-7-5-6-8-18(16)20(17)19-11-14(3)15(4)12-21-19/h5-13H,1-4H3. The Kier molecular flexibility index (Phi) is 3.50. The summed E-state index contributed by atoms with van der Waals surface area (Å²) in [5.74, 6) is 0.480. The minimum atomic E-state index is 0.480. The smallest absolute Gasteiger partial charge is 0.0713 e. The normalized spacial score (nSPS) is 11.3. The molecule has 1 heteroatoms. The van der Waals surface area contributed by atoms with Gasteiger partial charge in [0.15, 0.2) is 0 Å². The van der Waals surface area contributed by atoms with Gasteiger partial charge in [-0.1, -0.05) is 50.2 Å². The van der Waals surface area contributed by atoms with Gasteiger partial charge in [0.1, 0.15) is 0 Å². The monoisotopic (exact) mass is 275 g/mol. The molecule has 0 saturated heterocycles.